The van der Waals surface area contributed by atoms with E-state index in [2.05, 4.69) is 14.5 Å². The molecule has 2 aromatic carbocycles. The highest BCUT2D eigenvalue weighted by Crippen LogP contribution is 2.38. The van der Waals surface area contributed by atoms with Crippen molar-refractivity contribution in [2.75, 3.05) is 13.7 Å². The van der Waals surface area contributed by atoms with Crippen LogP contribution in [0.4, 0.5) is 0 Å². The Morgan fingerprint density at radius 1 is 1.11 bits per heavy atom. The predicted molar refractivity (Wildman–Crippen MR) is 149 cm³/mol. The molecule has 0 N–H and O–H groups in total. The number of benzene rings is 2. The number of aryl methyl sites for hydroxylation is 1. The van der Waals surface area contributed by atoms with Crippen LogP contribution < -0.4 is 9.47 Å². The molecule has 3 aromatic rings. The van der Waals surface area contributed by atoms with Gasteiger partial charge >= 0.3 is 0 Å². The van der Waals surface area contributed by atoms with Gasteiger partial charge < -0.3 is 14.0 Å². The number of rotatable bonds is 9. The number of halogens is 1. The summed E-state index contributed by atoms with van der Waals surface area (Å²) >= 11 is 6.02. The number of para-hydroxylation sites is 1. The number of ether oxygens (including phenoxy) is 2. The van der Waals surface area contributed by atoms with Crippen LogP contribution in [0.5, 0.6) is 11.5 Å². The van der Waals surface area contributed by atoms with Gasteiger partial charge in [-0.15, -0.1) is 0 Å². The quantitative estimate of drug-likeness (QED) is 0.296. The number of carbonyl (C=O) groups excluding carboxylic acids is 1. The van der Waals surface area contributed by atoms with Crippen molar-refractivity contribution in [3.8, 4) is 11.5 Å². The van der Waals surface area contributed by atoms with E-state index < -0.39 is 0 Å². The maximum Gasteiger partial charge on any atom is 0.278 e. The number of aliphatic imine (C=N–C) groups is 1. The van der Waals surface area contributed by atoms with E-state index >= 15 is 0 Å². The molecule has 2 bridgehead atoms. The van der Waals surface area contributed by atoms with Gasteiger partial charge in [-0.25, -0.2) is 4.99 Å². The normalized spacial score (nSPS) is 21.8. The van der Waals surface area contributed by atoms with E-state index in [9.17, 15) is 4.79 Å². The molecule has 1 aromatic heterocycles. The first kappa shape index (κ1) is 25.8. The molecule has 1 amide bonds. The van der Waals surface area contributed by atoms with Crippen LogP contribution in [-0.2, 0) is 6.54 Å². The lowest BCUT2D eigenvalue weighted by Gasteiger charge is -2.39. The van der Waals surface area contributed by atoms with Crippen molar-refractivity contribution < 1.29 is 14.3 Å². The van der Waals surface area contributed by atoms with Gasteiger partial charge in [0.2, 0.25) is 0 Å². The van der Waals surface area contributed by atoms with Gasteiger partial charge in [0.05, 0.1) is 18.2 Å². The minimum atomic E-state index is -0.202. The second-order valence-corrected chi connectivity index (χ2v) is 11.0. The molecule has 5 rings (SSSR count). The summed E-state index contributed by atoms with van der Waals surface area (Å²) in [6.07, 6.45) is 9.51. The maximum atomic E-state index is 12.9. The third-order valence-corrected chi connectivity index (χ3v) is 7.83. The molecule has 3 heterocycles. The molecule has 2 aliphatic heterocycles. The number of aromatic nitrogens is 1. The molecule has 0 aliphatic carbocycles. The molecular weight excluding hydrogens is 486 g/mol. The van der Waals surface area contributed by atoms with Gasteiger partial charge in [-0.1, -0.05) is 37.6 Å². The number of nitrogens with zero attached hydrogens (tertiary/aromatic N) is 3. The lowest BCUT2D eigenvalue weighted by atomic mass is 9.99. The molecule has 2 atom stereocenters. The van der Waals surface area contributed by atoms with Crippen molar-refractivity contribution in [2.45, 2.75) is 70.7 Å². The Morgan fingerprint density at radius 2 is 1.84 bits per heavy atom. The maximum absolute atomic E-state index is 12.9. The molecule has 6 nitrogen and oxygen atoms in total. The second-order valence-electron chi connectivity index (χ2n) is 10.6. The average molecular weight is 522 g/mol. The molecule has 0 radical (unpaired) electrons. The van der Waals surface area contributed by atoms with Crippen molar-refractivity contribution in [3.05, 3.63) is 59.2 Å². The highest BCUT2D eigenvalue weighted by molar-refractivity contribution is 6.30. The first-order valence-corrected chi connectivity index (χ1v) is 13.7. The largest absolute Gasteiger partial charge is 0.495 e. The van der Waals surface area contributed by atoms with E-state index in [4.69, 9.17) is 21.1 Å². The van der Waals surface area contributed by atoms with E-state index in [1.54, 1.807) is 13.3 Å². The van der Waals surface area contributed by atoms with Crippen LogP contribution in [0.3, 0.4) is 0 Å². The third kappa shape index (κ3) is 5.70. The topological polar surface area (TPSA) is 56.1 Å². The number of hydrogen-bond donors (Lipinski definition) is 0. The zero-order valence-electron chi connectivity index (χ0n) is 21.9. The van der Waals surface area contributed by atoms with Crippen molar-refractivity contribution in [3.63, 3.8) is 0 Å². The fourth-order valence-corrected chi connectivity index (χ4v) is 6.06. The zero-order valence-corrected chi connectivity index (χ0v) is 22.7. The van der Waals surface area contributed by atoms with Crippen LogP contribution in [-0.4, -0.2) is 53.4 Å². The van der Waals surface area contributed by atoms with Crippen LogP contribution in [0.15, 0.2) is 53.7 Å². The fraction of sp³-hybridized carbons (Fsp3) is 0.467. The molecule has 196 valence electrons. The van der Waals surface area contributed by atoms with Crippen molar-refractivity contribution in [1.82, 2.24) is 9.47 Å². The van der Waals surface area contributed by atoms with Gasteiger partial charge in [-0.2, -0.15) is 0 Å². The van der Waals surface area contributed by atoms with Gasteiger partial charge in [0.15, 0.2) is 0 Å². The van der Waals surface area contributed by atoms with Crippen LogP contribution >= 0.6 is 11.6 Å². The molecule has 7 heteroatoms. The minimum Gasteiger partial charge on any atom is -0.495 e. The number of hydrogen-bond acceptors (Lipinski definition) is 4. The second kappa shape index (κ2) is 11.3. The van der Waals surface area contributed by atoms with Crippen molar-refractivity contribution in [2.24, 2.45) is 10.9 Å². The number of methoxy groups -OCH3 is 1. The monoisotopic (exact) mass is 521 g/mol. The Hall–Kier alpha value is -2.83. The van der Waals surface area contributed by atoms with E-state index in [-0.39, 0.29) is 17.9 Å². The van der Waals surface area contributed by atoms with Gasteiger partial charge in [0.25, 0.3) is 5.91 Å². The van der Waals surface area contributed by atoms with Gasteiger partial charge in [-0.3, -0.25) is 9.69 Å². The summed E-state index contributed by atoms with van der Waals surface area (Å²) in [5, 5.41) is 1.63. The standard InChI is InChI=1S/C30H36ClN3O3/c1-20(2)18-32-30(35)27-19-33(29-26(27)6-4-7-28(29)36-3)14-5-15-34-22-10-11-23(34)17-25(16-22)37-24-12-8-21(31)9-13-24/h4,6-9,12-13,18-20,22-23,25H,5,10-11,14-17H2,1-3H3. The predicted octanol–water partition coefficient (Wildman–Crippen LogP) is 6.63. The van der Waals surface area contributed by atoms with Crippen LogP contribution in [0.2, 0.25) is 5.02 Å². The summed E-state index contributed by atoms with van der Waals surface area (Å²) in [6, 6.07) is 14.7. The fourth-order valence-electron chi connectivity index (χ4n) is 5.94. The number of amides is 1. The lowest BCUT2D eigenvalue weighted by molar-refractivity contribution is 0.0482. The number of piperidine rings is 1. The molecule has 2 fully saturated rings. The Labute approximate surface area is 224 Å². The number of fused-ring (bicyclic) bond motifs is 3. The van der Waals surface area contributed by atoms with E-state index in [0.717, 1.165) is 59.8 Å². The Balaban J connectivity index is 1.25. The molecular formula is C30H36ClN3O3. The average Bonchev–Trinajstić information content (AvgIpc) is 3.37. The molecule has 2 aliphatic rings. The van der Waals surface area contributed by atoms with E-state index in [0.29, 0.717) is 17.6 Å². The summed E-state index contributed by atoms with van der Waals surface area (Å²) in [7, 11) is 1.68. The van der Waals surface area contributed by atoms with Crippen LogP contribution in [0.1, 0.15) is 56.3 Å². The Kier molecular flexibility index (Phi) is 7.87. The third-order valence-electron chi connectivity index (χ3n) is 7.57. The first-order valence-electron chi connectivity index (χ1n) is 13.3. The smallest absolute Gasteiger partial charge is 0.278 e. The Bertz CT molecular complexity index is 1250. The molecule has 0 saturated carbocycles. The summed E-state index contributed by atoms with van der Waals surface area (Å²) in [5.41, 5.74) is 1.59. The van der Waals surface area contributed by atoms with E-state index in [1.807, 2.05) is 62.5 Å². The van der Waals surface area contributed by atoms with Crippen molar-refractivity contribution in [1.29, 1.82) is 0 Å². The van der Waals surface area contributed by atoms with Gasteiger partial charge in [0, 0.05) is 48.0 Å². The Morgan fingerprint density at radius 3 is 2.51 bits per heavy atom. The van der Waals surface area contributed by atoms with E-state index in [1.165, 1.54) is 12.8 Å². The summed E-state index contributed by atoms with van der Waals surface area (Å²) in [4.78, 5) is 19.8. The SMILES string of the molecule is COc1cccc2c(C(=O)N=CC(C)C)cn(CCCN3C4CCC3CC(Oc3ccc(Cl)cc3)C4)c12. The molecule has 37 heavy (non-hydrogen) atoms. The minimum absolute atomic E-state index is 0.202. The summed E-state index contributed by atoms with van der Waals surface area (Å²) < 4.78 is 14.1. The highest BCUT2D eigenvalue weighted by Gasteiger charge is 2.41. The zero-order chi connectivity index (χ0) is 25.9. The number of carbonyl (C=O) groups is 1. The molecule has 0 spiro atoms. The molecule has 2 saturated heterocycles. The van der Waals surface area contributed by atoms with Crippen LogP contribution in [0, 0.1) is 5.92 Å². The summed E-state index contributed by atoms with van der Waals surface area (Å²) in [5.74, 6) is 1.71. The summed E-state index contributed by atoms with van der Waals surface area (Å²) in [6.45, 7) is 5.89. The van der Waals surface area contributed by atoms with Crippen molar-refractivity contribution >= 4 is 34.6 Å². The lowest BCUT2D eigenvalue weighted by Crippen LogP contribution is -2.46. The van der Waals surface area contributed by atoms with Crippen LogP contribution in [0.25, 0.3) is 10.9 Å². The highest BCUT2D eigenvalue weighted by atomic mass is 35.5. The molecule has 2 unspecified atom stereocenters. The van der Waals surface area contributed by atoms with Gasteiger partial charge in [0.1, 0.15) is 17.6 Å². The first-order chi connectivity index (χ1) is 17.9. The van der Waals surface area contributed by atoms with Gasteiger partial charge in [-0.05, 0) is 68.4 Å².